The standard InChI is InChI=1S/C20H19F3N8O2/c1-9(28-19(32)16-11(7-25-2)17(24)27-8-26-16)13-6-15(33-31-13)18-29-12-4-3-10(20(21,22)23)5-14(12)30-18/h3-6,8-9,25H,7H2,1-2H3,(H,28,32)(H,29,30)(H2,24,26,27)/t9-/m1/s1. The summed E-state index contributed by atoms with van der Waals surface area (Å²) in [6.45, 7) is 2.00. The Hall–Kier alpha value is -4.00. The Morgan fingerprint density at radius 3 is 2.79 bits per heavy atom. The van der Waals surface area contributed by atoms with Gasteiger partial charge < -0.3 is 25.9 Å². The van der Waals surface area contributed by atoms with Gasteiger partial charge in [0.1, 0.15) is 23.5 Å². The van der Waals surface area contributed by atoms with Crippen LogP contribution in [0.25, 0.3) is 22.6 Å². The van der Waals surface area contributed by atoms with Gasteiger partial charge in [-0.05, 0) is 32.2 Å². The lowest BCUT2D eigenvalue weighted by Gasteiger charge is -2.13. The molecule has 0 bridgehead atoms. The van der Waals surface area contributed by atoms with Gasteiger partial charge in [-0.25, -0.2) is 15.0 Å². The molecular formula is C20H19F3N8O2. The van der Waals surface area contributed by atoms with Crippen LogP contribution in [0, 0.1) is 0 Å². The molecule has 0 fully saturated rings. The minimum atomic E-state index is -4.46. The monoisotopic (exact) mass is 460 g/mol. The maximum Gasteiger partial charge on any atom is 0.416 e. The van der Waals surface area contributed by atoms with E-state index in [4.69, 9.17) is 10.3 Å². The lowest BCUT2D eigenvalue weighted by molar-refractivity contribution is -0.137. The second kappa shape index (κ2) is 8.50. The number of aromatic nitrogens is 5. The smallest absolute Gasteiger partial charge is 0.383 e. The molecule has 33 heavy (non-hydrogen) atoms. The number of fused-ring (bicyclic) bond motifs is 1. The third-order valence-electron chi connectivity index (χ3n) is 4.91. The number of nitrogens with one attached hydrogen (secondary N) is 3. The summed E-state index contributed by atoms with van der Waals surface area (Å²) in [5.41, 5.74) is 6.58. The van der Waals surface area contributed by atoms with E-state index in [9.17, 15) is 18.0 Å². The number of rotatable bonds is 6. The molecular weight excluding hydrogens is 441 g/mol. The molecule has 0 aliphatic heterocycles. The first-order valence-corrected chi connectivity index (χ1v) is 9.76. The van der Waals surface area contributed by atoms with Gasteiger partial charge in [0.15, 0.2) is 5.82 Å². The van der Waals surface area contributed by atoms with Crippen LogP contribution in [0.1, 0.15) is 40.3 Å². The number of aromatic amines is 1. The fraction of sp³-hybridized carbons (Fsp3) is 0.250. The minimum absolute atomic E-state index is 0.130. The number of anilines is 1. The number of halogens is 3. The van der Waals surface area contributed by atoms with E-state index in [1.807, 2.05) is 0 Å². The first-order chi connectivity index (χ1) is 15.7. The Labute approximate surface area is 184 Å². The van der Waals surface area contributed by atoms with E-state index in [1.54, 1.807) is 14.0 Å². The zero-order valence-corrected chi connectivity index (χ0v) is 17.5. The number of hydrogen-bond donors (Lipinski definition) is 4. The van der Waals surface area contributed by atoms with Gasteiger partial charge in [-0.2, -0.15) is 13.2 Å². The average Bonchev–Trinajstić information content (AvgIpc) is 3.41. The van der Waals surface area contributed by atoms with Crippen LogP contribution < -0.4 is 16.4 Å². The Morgan fingerprint density at radius 2 is 2.06 bits per heavy atom. The van der Waals surface area contributed by atoms with Crippen LogP contribution in [0.2, 0.25) is 0 Å². The van der Waals surface area contributed by atoms with Gasteiger partial charge in [-0.1, -0.05) is 5.16 Å². The predicted octanol–water partition coefficient (Wildman–Crippen LogP) is 2.82. The van der Waals surface area contributed by atoms with Gasteiger partial charge in [0.25, 0.3) is 5.91 Å². The van der Waals surface area contributed by atoms with Crippen molar-refractivity contribution in [3.05, 3.63) is 53.1 Å². The first kappa shape index (κ1) is 22.2. The summed E-state index contributed by atoms with van der Waals surface area (Å²) in [5.74, 6) is 0.133. The first-order valence-electron chi connectivity index (χ1n) is 9.76. The molecule has 4 aromatic rings. The number of imidazole rings is 1. The lowest BCUT2D eigenvalue weighted by Crippen LogP contribution is -2.30. The van der Waals surface area contributed by atoms with Gasteiger partial charge in [-0.15, -0.1) is 0 Å². The zero-order valence-electron chi connectivity index (χ0n) is 17.5. The number of carbonyl (C=O) groups excluding carboxylic acids is 1. The molecule has 0 spiro atoms. The Morgan fingerprint density at radius 1 is 1.27 bits per heavy atom. The molecule has 1 atom stereocenters. The molecule has 172 valence electrons. The highest BCUT2D eigenvalue weighted by Crippen LogP contribution is 2.32. The van der Waals surface area contributed by atoms with Crippen LogP contribution in [0.3, 0.4) is 0 Å². The summed E-state index contributed by atoms with van der Waals surface area (Å²) < 4.78 is 44.1. The molecule has 0 radical (unpaired) electrons. The molecule has 0 unspecified atom stereocenters. The van der Waals surface area contributed by atoms with Crippen LogP contribution >= 0.6 is 0 Å². The number of carbonyl (C=O) groups is 1. The molecule has 0 aliphatic rings. The zero-order chi connectivity index (χ0) is 23.8. The largest absolute Gasteiger partial charge is 0.416 e. The molecule has 0 saturated heterocycles. The van der Waals surface area contributed by atoms with E-state index in [0.717, 1.165) is 12.1 Å². The quantitative estimate of drug-likeness (QED) is 0.343. The van der Waals surface area contributed by atoms with Crippen molar-refractivity contribution in [2.45, 2.75) is 25.7 Å². The van der Waals surface area contributed by atoms with Crippen LogP contribution in [0.5, 0.6) is 0 Å². The number of hydrogen-bond acceptors (Lipinski definition) is 8. The average molecular weight is 460 g/mol. The van der Waals surface area contributed by atoms with E-state index in [-0.39, 0.29) is 28.6 Å². The van der Waals surface area contributed by atoms with Crippen LogP contribution in [-0.2, 0) is 12.7 Å². The Kier molecular flexibility index (Phi) is 5.72. The van der Waals surface area contributed by atoms with Crippen molar-refractivity contribution in [3.63, 3.8) is 0 Å². The lowest BCUT2D eigenvalue weighted by atomic mass is 10.1. The molecule has 4 rings (SSSR count). The number of benzene rings is 1. The summed E-state index contributed by atoms with van der Waals surface area (Å²) >= 11 is 0. The van der Waals surface area contributed by atoms with Crippen molar-refractivity contribution in [1.82, 2.24) is 35.7 Å². The number of amides is 1. The predicted molar refractivity (Wildman–Crippen MR) is 112 cm³/mol. The van der Waals surface area contributed by atoms with Gasteiger partial charge in [0.2, 0.25) is 5.76 Å². The van der Waals surface area contributed by atoms with E-state index >= 15 is 0 Å². The summed E-state index contributed by atoms with van der Waals surface area (Å²) in [4.78, 5) is 27.7. The van der Waals surface area contributed by atoms with Gasteiger partial charge in [-0.3, -0.25) is 4.79 Å². The van der Waals surface area contributed by atoms with Crippen LogP contribution in [0.15, 0.2) is 35.1 Å². The molecule has 10 nitrogen and oxygen atoms in total. The van der Waals surface area contributed by atoms with E-state index < -0.39 is 23.7 Å². The number of alkyl halides is 3. The molecule has 1 amide bonds. The van der Waals surface area contributed by atoms with Crippen molar-refractivity contribution in [3.8, 4) is 11.6 Å². The van der Waals surface area contributed by atoms with Crippen molar-refractivity contribution >= 4 is 22.8 Å². The topological polar surface area (TPSA) is 148 Å². The highest BCUT2D eigenvalue weighted by molar-refractivity contribution is 5.94. The molecule has 0 aliphatic carbocycles. The number of nitrogens with two attached hydrogens (primary N) is 1. The number of nitrogen functional groups attached to an aromatic ring is 1. The van der Waals surface area contributed by atoms with Gasteiger partial charge in [0.05, 0.1) is 22.6 Å². The second-order valence-electron chi connectivity index (χ2n) is 7.24. The van der Waals surface area contributed by atoms with Crippen molar-refractivity contribution in [2.75, 3.05) is 12.8 Å². The fourth-order valence-corrected chi connectivity index (χ4v) is 3.22. The minimum Gasteiger partial charge on any atom is -0.383 e. The fourth-order valence-electron chi connectivity index (χ4n) is 3.22. The summed E-state index contributed by atoms with van der Waals surface area (Å²) in [5, 5.41) is 9.62. The van der Waals surface area contributed by atoms with Crippen molar-refractivity contribution in [2.24, 2.45) is 0 Å². The highest BCUT2D eigenvalue weighted by Gasteiger charge is 2.31. The van der Waals surface area contributed by atoms with E-state index in [2.05, 4.69) is 35.7 Å². The molecule has 3 aromatic heterocycles. The van der Waals surface area contributed by atoms with Gasteiger partial charge in [0, 0.05) is 18.2 Å². The van der Waals surface area contributed by atoms with Gasteiger partial charge >= 0.3 is 6.18 Å². The SMILES string of the molecule is CNCc1c(N)ncnc1C(=O)N[C@H](C)c1cc(-c2nc3ccc(C(F)(F)F)cc3[nH]2)on1. The molecule has 1 aromatic carbocycles. The summed E-state index contributed by atoms with van der Waals surface area (Å²) in [6.07, 6.45) is -3.26. The van der Waals surface area contributed by atoms with E-state index in [1.165, 1.54) is 18.5 Å². The third-order valence-corrected chi connectivity index (χ3v) is 4.91. The number of nitrogens with zero attached hydrogens (tertiary/aromatic N) is 4. The summed E-state index contributed by atoms with van der Waals surface area (Å²) in [6, 6.07) is 4.17. The third kappa shape index (κ3) is 4.48. The highest BCUT2D eigenvalue weighted by atomic mass is 19.4. The van der Waals surface area contributed by atoms with Crippen LogP contribution in [0.4, 0.5) is 19.0 Å². The van der Waals surface area contributed by atoms with Crippen LogP contribution in [-0.4, -0.2) is 38.0 Å². The molecule has 5 N–H and O–H groups in total. The number of H-pyrrole nitrogens is 1. The molecule has 3 heterocycles. The maximum atomic E-state index is 12.9. The second-order valence-corrected chi connectivity index (χ2v) is 7.24. The Balaban J connectivity index is 1.54. The van der Waals surface area contributed by atoms with Crippen molar-refractivity contribution < 1.29 is 22.5 Å². The summed E-state index contributed by atoms with van der Waals surface area (Å²) in [7, 11) is 1.70. The normalized spacial score (nSPS) is 12.8. The molecule has 13 heteroatoms. The van der Waals surface area contributed by atoms with Crippen molar-refractivity contribution in [1.29, 1.82) is 0 Å². The molecule has 0 saturated carbocycles. The maximum absolute atomic E-state index is 12.9. The Bertz CT molecular complexity index is 1310. The van der Waals surface area contributed by atoms with E-state index in [0.29, 0.717) is 23.3 Å².